The molecule has 1 aromatic carbocycles. The first-order valence-corrected chi connectivity index (χ1v) is 11.1. The molecule has 1 atom stereocenters. The number of anilines is 1. The Kier molecular flexibility index (Phi) is 5.06. The van der Waals surface area contributed by atoms with E-state index in [2.05, 4.69) is 49.3 Å². The normalized spacial score (nSPS) is 23.1. The predicted molar refractivity (Wildman–Crippen MR) is 125 cm³/mol. The summed E-state index contributed by atoms with van der Waals surface area (Å²) in [5, 5.41) is 3.50. The molecule has 7 heteroatoms. The van der Waals surface area contributed by atoms with E-state index < -0.39 is 5.66 Å². The fourth-order valence-electron chi connectivity index (χ4n) is 4.64. The summed E-state index contributed by atoms with van der Waals surface area (Å²) in [6.07, 6.45) is 7.42. The third-order valence-electron chi connectivity index (χ3n) is 6.48. The van der Waals surface area contributed by atoms with Crippen LogP contribution >= 0.6 is 0 Å². The first-order chi connectivity index (χ1) is 15.0. The van der Waals surface area contributed by atoms with Gasteiger partial charge in [-0.15, -0.1) is 0 Å². The fourth-order valence-corrected chi connectivity index (χ4v) is 4.64. The maximum Gasteiger partial charge on any atom is 0.202 e. The number of hydrogen-bond acceptors (Lipinski definition) is 7. The maximum absolute atomic E-state index is 6.94. The van der Waals surface area contributed by atoms with Crippen LogP contribution in [0.15, 0.2) is 59.5 Å². The van der Waals surface area contributed by atoms with Gasteiger partial charge in [0.2, 0.25) is 5.96 Å². The second-order valence-corrected chi connectivity index (χ2v) is 8.81. The molecule has 3 heterocycles. The third kappa shape index (κ3) is 3.85. The number of piperazine rings is 1. The monoisotopic (exact) mass is 417 g/mol. The number of benzene rings is 1. The van der Waals surface area contributed by atoms with Gasteiger partial charge in [0.05, 0.1) is 0 Å². The Morgan fingerprint density at radius 3 is 2.52 bits per heavy atom. The van der Waals surface area contributed by atoms with Gasteiger partial charge in [-0.25, -0.2) is 9.98 Å². The highest BCUT2D eigenvalue weighted by Crippen LogP contribution is 2.31. The summed E-state index contributed by atoms with van der Waals surface area (Å²) in [5.74, 6) is 2.84. The minimum atomic E-state index is -0.879. The highest BCUT2D eigenvalue weighted by molar-refractivity contribution is 5.83. The third-order valence-corrected chi connectivity index (χ3v) is 6.48. The zero-order valence-electron chi connectivity index (χ0n) is 18.4. The predicted octanol–water partition coefficient (Wildman–Crippen LogP) is 1.87. The lowest BCUT2D eigenvalue weighted by molar-refractivity contribution is 0.352. The molecule has 1 aliphatic carbocycles. The molecule has 1 aromatic heterocycles. The summed E-state index contributed by atoms with van der Waals surface area (Å²) in [6.45, 7) is 3.52. The zero-order valence-corrected chi connectivity index (χ0v) is 18.4. The SMILES string of the molecule is CN(C)C1=CC(N)(c2ccc3c(c2)CCC3)N=C(N2CCN(c3ccccn3)CC2)N1. The second-order valence-electron chi connectivity index (χ2n) is 8.81. The van der Waals surface area contributed by atoms with E-state index in [1.807, 2.05) is 38.5 Å². The average molecular weight is 418 g/mol. The molecule has 1 fully saturated rings. The van der Waals surface area contributed by atoms with E-state index in [0.717, 1.165) is 55.8 Å². The van der Waals surface area contributed by atoms with Crippen molar-refractivity contribution in [3.63, 3.8) is 0 Å². The fraction of sp³-hybridized carbons (Fsp3) is 0.417. The summed E-state index contributed by atoms with van der Waals surface area (Å²) in [6, 6.07) is 12.7. The van der Waals surface area contributed by atoms with Crippen molar-refractivity contribution in [3.05, 3.63) is 71.2 Å². The van der Waals surface area contributed by atoms with Crippen molar-refractivity contribution in [2.45, 2.75) is 24.9 Å². The highest BCUT2D eigenvalue weighted by atomic mass is 15.4. The molecule has 2 aromatic rings. The van der Waals surface area contributed by atoms with Crippen LogP contribution in [0.1, 0.15) is 23.1 Å². The molecule has 7 nitrogen and oxygen atoms in total. The van der Waals surface area contributed by atoms with Gasteiger partial charge in [-0.1, -0.05) is 24.3 Å². The quantitative estimate of drug-likeness (QED) is 0.794. The van der Waals surface area contributed by atoms with E-state index in [9.17, 15) is 0 Å². The van der Waals surface area contributed by atoms with Gasteiger partial charge < -0.3 is 20.0 Å². The highest BCUT2D eigenvalue weighted by Gasteiger charge is 2.33. The van der Waals surface area contributed by atoms with Crippen molar-refractivity contribution in [2.24, 2.45) is 10.7 Å². The van der Waals surface area contributed by atoms with Gasteiger partial charge in [-0.2, -0.15) is 0 Å². The van der Waals surface area contributed by atoms with Crippen molar-refractivity contribution in [1.29, 1.82) is 0 Å². The van der Waals surface area contributed by atoms with E-state index in [1.54, 1.807) is 0 Å². The number of guanidine groups is 1. The van der Waals surface area contributed by atoms with E-state index in [-0.39, 0.29) is 0 Å². The van der Waals surface area contributed by atoms with Crippen LogP contribution in [-0.2, 0) is 18.5 Å². The van der Waals surface area contributed by atoms with Crippen molar-refractivity contribution in [1.82, 2.24) is 20.1 Å². The molecule has 5 rings (SSSR count). The number of nitrogens with zero attached hydrogens (tertiary/aromatic N) is 5. The molecule has 0 amide bonds. The second kappa shape index (κ2) is 7.89. The Balaban J connectivity index is 1.40. The minimum absolute atomic E-state index is 0.842. The van der Waals surface area contributed by atoms with Gasteiger partial charge in [0.1, 0.15) is 11.6 Å². The van der Waals surface area contributed by atoms with Crippen LogP contribution < -0.4 is 16.0 Å². The lowest BCUT2D eigenvalue weighted by Gasteiger charge is -2.41. The molecule has 1 unspecified atom stereocenters. The molecule has 1 saturated heterocycles. The van der Waals surface area contributed by atoms with Gasteiger partial charge in [0.25, 0.3) is 0 Å². The van der Waals surface area contributed by atoms with Crippen LogP contribution in [0.5, 0.6) is 0 Å². The molecule has 31 heavy (non-hydrogen) atoms. The number of aryl methyl sites for hydroxylation is 2. The standard InChI is InChI=1S/C24H31N7/c1-29(2)22-17-24(25,20-10-9-18-6-5-7-19(18)16-20)28-23(27-22)31-14-12-30(13-15-31)21-8-3-4-11-26-21/h3-4,8-11,16-17H,5-7,12-15,25H2,1-2H3,(H,27,28). The number of aliphatic imine (C=N–C) groups is 1. The Hall–Kier alpha value is -3.06. The number of nitrogens with one attached hydrogen (secondary N) is 1. The van der Waals surface area contributed by atoms with Crippen molar-refractivity contribution < 1.29 is 0 Å². The van der Waals surface area contributed by atoms with Crippen LogP contribution in [-0.4, -0.2) is 61.0 Å². The molecular weight excluding hydrogens is 386 g/mol. The summed E-state index contributed by atoms with van der Waals surface area (Å²) in [5.41, 5.74) is 9.99. The average Bonchev–Trinajstić information content (AvgIpc) is 3.27. The van der Waals surface area contributed by atoms with E-state index in [0.29, 0.717) is 0 Å². The minimum Gasteiger partial charge on any atom is -0.364 e. The number of fused-ring (bicyclic) bond motifs is 1. The van der Waals surface area contributed by atoms with Crippen LogP contribution in [0.3, 0.4) is 0 Å². The summed E-state index contributed by atoms with van der Waals surface area (Å²) in [7, 11) is 4.06. The van der Waals surface area contributed by atoms with Crippen LogP contribution in [0.25, 0.3) is 0 Å². The molecule has 162 valence electrons. The smallest absolute Gasteiger partial charge is 0.202 e. The Morgan fingerprint density at radius 2 is 1.77 bits per heavy atom. The lowest BCUT2D eigenvalue weighted by atomic mass is 9.95. The van der Waals surface area contributed by atoms with Crippen molar-refractivity contribution in [2.75, 3.05) is 45.2 Å². The van der Waals surface area contributed by atoms with E-state index in [4.69, 9.17) is 10.7 Å². The Bertz CT molecular complexity index is 1010. The van der Waals surface area contributed by atoms with Crippen molar-refractivity contribution in [3.8, 4) is 0 Å². The first kappa shape index (κ1) is 19.9. The number of nitrogens with two attached hydrogens (primary N) is 1. The van der Waals surface area contributed by atoms with Gasteiger partial charge in [0, 0.05) is 52.5 Å². The molecule has 3 aliphatic rings. The van der Waals surface area contributed by atoms with Crippen LogP contribution in [0, 0.1) is 0 Å². The molecule has 0 bridgehead atoms. The molecule has 2 aliphatic heterocycles. The lowest BCUT2D eigenvalue weighted by Crippen LogP contribution is -2.56. The molecular formula is C24H31N7. The topological polar surface area (TPSA) is 73.0 Å². The van der Waals surface area contributed by atoms with Crippen molar-refractivity contribution >= 4 is 11.8 Å². The maximum atomic E-state index is 6.94. The number of rotatable bonds is 3. The number of hydrogen-bond donors (Lipinski definition) is 2. The Labute approximate surface area is 184 Å². The Morgan fingerprint density at radius 1 is 1.00 bits per heavy atom. The molecule has 0 radical (unpaired) electrons. The van der Waals surface area contributed by atoms with Gasteiger partial charge in [-0.3, -0.25) is 5.73 Å². The zero-order chi connectivity index (χ0) is 21.4. The molecule has 3 N–H and O–H groups in total. The van der Waals surface area contributed by atoms with Gasteiger partial charge >= 0.3 is 0 Å². The largest absolute Gasteiger partial charge is 0.364 e. The van der Waals surface area contributed by atoms with Gasteiger partial charge in [0.15, 0.2) is 5.66 Å². The van der Waals surface area contributed by atoms with Gasteiger partial charge in [-0.05, 0) is 48.1 Å². The van der Waals surface area contributed by atoms with Crippen LogP contribution in [0.2, 0.25) is 0 Å². The summed E-state index contributed by atoms with van der Waals surface area (Å²) >= 11 is 0. The number of pyridine rings is 1. The van der Waals surface area contributed by atoms with E-state index >= 15 is 0 Å². The molecule has 0 saturated carbocycles. The number of aromatic nitrogens is 1. The van der Waals surface area contributed by atoms with E-state index in [1.165, 1.54) is 24.0 Å². The summed E-state index contributed by atoms with van der Waals surface area (Å²) in [4.78, 5) is 16.2. The van der Waals surface area contributed by atoms with Crippen LogP contribution in [0.4, 0.5) is 5.82 Å². The molecule has 0 spiro atoms. The summed E-state index contributed by atoms with van der Waals surface area (Å²) < 4.78 is 0. The first-order valence-electron chi connectivity index (χ1n) is 11.1.